The van der Waals surface area contributed by atoms with E-state index in [0.29, 0.717) is 16.7 Å². The van der Waals surface area contributed by atoms with Gasteiger partial charge in [0.1, 0.15) is 10.9 Å². The zero-order chi connectivity index (χ0) is 30.1. The molecule has 0 bridgehead atoms. The maximum Gasteiger partial charge on any atom is 0.222 e. The average molecular weight is 636 g/mol. The molecule has 43 heavy (non-hydrogen) atoms. The van der Waals surface area contributed by atoms with Crippen molar-refractivity contribution < 1.29 is 14.4 Å². The van der Waals surface area contributed by atoms with E-state index in [9.17, 15) is 14.4 Å². The quantitative estimate of drug-likeness (QED) is 0.117. The monoisotopic (exact) mass is 635 g/mol. The lowest BCUT2D eigenvalue weighted by Gasteiger charge is -2.02. The van der Waals surface area contributed by atoms with Gasteiger partial charge in [0.05, 0.1) is 0 Å². The number of thiophene rings is 3. The molecule has 3 heterocycles. The summed E-state index contributed by atoms with van der Waals surface area (Å²) in [5, 5.41) is 6.59. The molecule has 0 saturated carbocycles. The van der Waals surface area contributed by atoms with E-state index >= 15 is 0 Å². The summed E-state index contributed by atoms with van der Waals surface area (Å²) in [6.07, 6.45) is 0. The Morgan fingerprint density at radius 1 is 0.419 bits per heavy atom. The molecule has 6 rings (SSSR count). The van der Waals surface area contributed by atoms with Crippen molar-refractivity contribution in [2.24, 2.45) is 0 Å². The van der Waals surface area contributed by atoms with E-state index in [0.717, 1.165) is 33.4 Å². The lowest BCUT2D eigenvalue weighted by molar-refractivity contribution is 0.100. The first-order valence-corrected chi connectivity index (χ1v) is 17.5. The van der Waals surface area contributed by atoms with E-state index in [1.54, 1.807) is 54.8 Å². The Bertz CT molecular complexity index is 1710. The summed E-state index contributed by atoms with van der Waals surface area (Å²) in [5.41, 5.74) is 8.82. The molecule has 0 atom stereocenters. The molecule has 3 aromatic carbocycles. The molecule has 3 nitrogen and oxygen atoms in total. The summed E-state index contributed by atoms with van der Waals surface area (Å²) >= 11 is 5.27. The van der Waals surface area contributed by atoms with Crippen molar-refractivity contribution in [1.82, 2.24) is 0 Å². The molecular weight excluding hydrogens is 609 g/mol. The van der Waals surface area contributed by atoms with Crippen molar-refractivity contribution in [3.8, 4) is 33.4 Å². The maximum absolute atomic E-state index is 11.8. The Labute approximate surface area is 265 Å². The minimum atomic E-state index is -0.315. The van der Waals surface area contributed by atoms with E-state index < -0.39 is 0 Å². The predicted octanol–water partition coefficient (Wildman–Crippen LogP) is 10.6. The Kier molecular flexibility index (Phi) is 8.41. The van der Waals surface area contributed by atoms with E-state index in [1.807, 2.05) is 72.8 Å². The summed E-state index contributed by atoms with van der Waals surface area (Å²) < 4.78 is 3.81. The molecule has 0 spiro atoms. The van der Waals surface area contributed by atoms with Crippen molar-refractivity contribution >= 4 is 62.3 Å². The summed E-state index contributed by atoms with van der Waals surface area (Å²) in [6.45, 7) is 4.76. The van der Waals surface area contributed by atoms with Crippen LogP contribution in [0.4, 0.5) is 0 Å². The Hall–Kier alpha value is -3.88. The lowest BCUT2D eigenvalue weighted by atomic mass is 10.1. The summed E-state index contributed by atoms with van der Waals surface area (Å²) in [7, 11) is -0.315. The standard InChI is InChI=1S/C36H27O3S4/c1-22(37)25-4-10-28(11-5-25)31-16-34(40-19-31)43(35-17-32(20-41-35)29-12-6-26(7-13-29)23(2)38)36-18-33(21-42-36)30-14-8-27(9-15-30)24(3)39/h4-21H,1-3H3/q+1. The molecule has 0 aliphatic rings. The van der Waals surface area contributed by atoms with Crippen LogP contribution in [0, 0.1) is 0 Å². The molecule has 212 valence electrons. The van der Waals surface area contributed by atoms with Gasteiger partial charge < -0.3 is 0 Å². The van der Waals surface area contributed by atoms with Gasteiger partial charge >= 0.3 is 0 Å². The number of carbonyl (C=O) groups is 3. The second-order valence-electron chi connectivity index (χ2n) is 10.2. The zero-order valence-corrected chi connectivity index (χ0v) is 27.0. The topological polar surface area (TPSA) is 51.2 Å². The normalized spacial score (nSPS) is 11.2. The van der Waals surface area contributed by atoms with Crippen LogP contribution in [-0.4, -0.2) is 17.3 Å². The molecule has 0 radical (unpaired) electrons. The molecule has 0 aliphatic heterocycles. The highest BCUT2D eigenvalue weighted by molar-refractivity contribution is 8.02. The van der Waals surface area contributed by atoms with Crippen LogP contribution >= 0.6 is 34.0 Å². The van der Waals surface area contributed by atoms with Crippen molar-refractivity contribution in [3.63, 3.8) is 0 Å². The fourth-order valence-corrected chi connectivity index (χ4v) is 11.6. The minimum absolute atomic E-state index is 0.0629. The summed E-state index contributed by atoms with van der Waals surface area (Å²) in [6, 6.07) is 30.3. The molecule has 0 unspecified atom stereocenters. The van der Waals surface area contributed by atoms with Gasteiger partial charge in [0, 0.05) is 51.0 Å². The first kappa shape index (κ1) is 29.2. The van der Waals surface area contributed by atoms with E-state index in [4.69, 9.17) is 0 Å². The third kappa shape index (κ3) is 6.26. The number of ketones is 3. The smallest absolute Gasteiger partial charge is 0.222 e. The number of carbonyl (C=O) groups excluding carboxylic acids is 3. The van der Waals surface area contributed by atoms with Crippen LogP contribution in [-0.2, 0) is 10.9 Å². The second-order valence-corrected chi connectivity index (χ2v) is 15.6. The molecule has 0 aliphatic carbocycles. The van der Waals surface area contributed by atoms with E-state index in [1.165, 1.54) is 12.6 Å². The summed E-state index contributed by atoms with van der Waals surface area (Å²) in [5.74, 6) is 0.189. The number of benzene rings is 3. The highest BCUT2D eigenvalue weighted by Crippen LogP contribution is 2.44. The molecule has 3 aromatic heterocycles. The molecule has 0 N–H and O–H groups in total. The lowest BCUT2D eigenvalue weighted by Crippen LogP contribution is -1.98. The number of Topliss-reactive ketones (excluding diaryl/α,β-unsaturated/α-hetero) is 3. The van der Waals surface area contributed by atoms with Gasteiger partial charge in [-0.15, -0.1) is 0 Å². The molecular formula is C36H27O3S4+. The van der Waals surface area contributed by atoms with Crippen molar-refractivity contribution in [2.75, 3.05) is 0 Å². The van der Waals surface area contributed by atoms with Crippen molar-refractivity contribution in [3.05, 3.63) is 124 Å². The molecule has 0 saturated heterocycles. The van der Waals surface area contributed by atoms with Gasteiger partial charge in [-0.2, -0.15) is 0 Å². The zero-order valence-electron chi connectivity index (χ0n) is 23.8. The van der Waals surface area contributed by atoms with Gasteiger partial charge in [-0.25, -0.2) is 0 Å². The third-order valence-electron chi connectivity index (χ3n) is 7.20. The van der Waals surface area contributed by atoms with Gasteiger partial charge in [-0.05, 0) is 54.2 Å². The number of hydrogen-bond acceptors (Lipinski definition) is 6. The minimum Gasteiger partial charge on any atom is -0.295 e. The molecule has 0 fully saturated rings. The van der Waals surface area contributed by atoms with Crippen LogP contribution in [0.5, 0.6) is 0 Å². The van der Waals surface area contributed by atoms with Crippen LogP contribution in [0.2, 0.25) is 0 Å². The summed E-state index contributed by atoms with van der Waals surface area (Å²) in [4.78, 5) is 35.3. The Morgan fingerprint density at radius 3 is 0.907 bits per heavy atom. The first-order valence-electron chi connectivity index (χ1n) is 13.6. The van der Waals surface area contributed by atoms with Gasteiger partial charge in [0.15, 0.2) is 17.3 Å². The van der Waals surface area contributed by atoms with Crippen LogP contribution < -0.4 is 0 Å². The Morgan fingerprint density at radius 2 is 0.674 bits per heavy atom. The van der Waals surface area contributed by atoms with Crippen LogP contribution in [0.15, 0.2) is 120 Å². The van der Waals surface area contributed by atoms with E-state index in [-0.39, 0.29) is 28.2 Å². The first-order chi connectivity index (χ1) is 20.8. The van der Waals surface area contributed by atoms with Crippen molar-refractivity contribution in [1.29, 1.82) is 0 Å². The van der Waals surface area contributed by atoms with Crippen LogP contribution in [0.1, 0.15) is 51.8 Å². The SMILES string of the molecule is CC(=O)c1ccc(-c2csc([S+](c3cc(-c4ccc(C(C)=O)cc4)cs3)c3cc(-c4ccc(C(C)=O)cc4)cs3)c2)cc1. The molecule has 0 amide bonds. The second kappa shape index (κ2) is 12.4. The maximum atomic E-state index is 11.8. The van der Waals surface area contributed by atoms with Crippen LogP contribution in [0.25, 0.3) is 33.4 Å². The molecule has 7 heteroatoms. The van der Waals surface area contributed by atoms with Crippen LogP contribution in [0.3, 0.4) is 0 Å². The largest absolute Gasteiger partial charge is 0.295 e. The fraction of sp³-hybridized carbons (Fsp3) is 0.0833. The highest BCUT2D eigenvalue weighted by Gasteiger charge is 2.34. The fourth-order valence-electron chi connectivity index (χ4n) is 4.71. The average Bonchev–Trinajstić information content (AvgIpc) is 3.80. The Balaban J connectivity index is 1.38. The van der Waals surface area contributed by atoms with Gasteiger partial charge in [0.2, 0.25) is 12.6 Å². The van der Waals surface area contributed by atoms with Gasteiger partial charge in [-0.3, -0.25) is 14.4 Å². The van der Waals surface area contributed by atoms with Crippen molar-refractivity contribution in [2.45, 2.75) is 33.4 Å². The predicted molar refractivity (Wildman–Crippen MR) is 181 cm³/mol. The third-order valence-corrected chi connectivity index (χ3v) is 13.3. The van der Waals surface area contributed by atoms with E-state index in [2.05, 4.69) is 34.3 Å². The highest BCUT2D eigenvalue weighted by atomic mass is 32.3. The van der Waals surface area contributed by atoms with Gasteiger partial charge in [-0.1, -0.05) is 107 Å². The van der Waals surface area contributed by atoms with Gasteiger partial charge in [0.25, 0.3) is 0 Å². The molecule has 6 aromatic rings. The number of hydrogen-bond donors (Lipinski definition) is 0. The number of rotatable bonds is 9.